The summed E-state index contributed by atoms with van der Waals surface area (Å²) in [6, 6.07) is 21.9. The summed E-state index contributed by atoms with van der Waals surface area (Å²) in [6.07, 6.45) is 0. The van der Waals surface area contributed by atoms with Crippen LogP contribution in [-0.2, 0) is 22.6 Å². The van der Waals surface area contributed by atoms with Crippen molar-refractivity contribution in [2.45, 2.75) is 46.4 Å². The van der Waals surface area contributed by atoms with E-state index >= 15 is 0 Å². The Morgan fingerprint density at radius 2 is 1.68 bits per heavy atom. The molecule has 0 radical (unpaired) electrons. The molecule has 0 unspecified atom stereocenters. The maximum absolute atomic E-state index is 12.3. The maximum Gasteiger partial charge on any atom is 0.349 e. The van der Waals surface area contributed by atoms with Crippen molar-refractivity contribution in [1.82, 2.24) is 10.3 Å². The molecule has 1 N–H and O–H groups in total. The summed E-state index contributed by atoms with van der Waals surface area (Å²) in [5.74, 6) is 1.70. The van der Waals surface area contributed by atoms with Crippen molar-refractivity contribution < 1.29 is 18.7 Å². The Morgan fingerprint density at radius 1 is 0.971 bits per heavy atom. The molecule has 4 aromatic rings. The van der Waals surface area contributed by atoms with Gasteiger partial charge in [0, 0.05) is 24.0 Å². The van der Waals surface area contributed by atoms with Gasteiger partial charge in [-0.15, -0.1) is 0 Å². The zero-order chi connectivity index (χ0) is 24.1. The van der Waals surface area contributed by atoms with Crippen LogP contribution in [0.1, 0.15) is 37.8 Å². The largest absolute Gasteiger partial charge is 0.476 e. The molecule has 4 rings (SSSR count). The number of hydrogen-bond acceptors (Lipinski definition) is 6. The van der Waals surface area contributed by atoms with Gasteiger partial charge in [0.05, 0.1) is 12.3 Å². The molecule has 0 atom stereocenters. The van der Waals surface area contributed by atoms with Gasteiger partial charge in [-0.1, -0.05) is 48.5 Å². The number of nitrogens with one attached hydrogen (secondary N) is 1. The number of aromatic nitrogens is 1. The summed E-state index contributed by atoms with van der Waals surface area (Å²) in [5, 5.41) is 5.49. The first kappa shape index (κ1) is 23.5. The van der Waals surface area contributed by atoms with Gasteiger partial charge < -0.3 is 19.2 Å². The van der Waals surface area contributed by atoms with Crippen molar-refractivity contribution in [3.05, 3.63) is 83.7 Å². The Balaban J connectivity index is 1.49. The summed E-state index contributed by atoms with van der Waals surface area (Å²) in [7, 11) is 0. The molecular formula is C28H30N2O4. The molecule has 0 fully saturated rings. The van der Waals surface area contributed by atoms with Crippen molar-refractivity contribution in [2.24, 2.45) is 0 Å². The van der Waals surface area contributed by atoms with E-state index in [-0.39, 0.29) is 5.97 Å². The minimum atomic E-state index is -1.08. The van der Waals surface area contributed by atoms with Crippen LogP contribution in [0.4, 0.5) is 0 Å². The number of hydrogen-bond donors (Lipinski definition) is 1. The first-order valence-corrected chi connectivity index (χ1v) is 11.5. The van der Waals surface area contributed by atoms with Crippen LogP contribution in [-0.4, -0.2) is 23.2 Å². The van der Waals surface area contributed by atoms with Crippen LogP contribution in [0.25, 0.3) is 22.2 Å². The third-order valence-electron chi connectivity index (χ3n) is 5.63. The quantitative estimate of drug-likeness (QED) is 0.319. The lowest BCUT2D eigenvalue weighted by Crippen LogP contribution is -2.39. The number of carbonyl (C=O) groups is 1. The van der Waals surface area contributed by atoms with Crippen LogP contribution in [0.15, 0.2) is 71.1 Å². The molecule has 0 saturated carbocycles. The summed E-state index contributed by atoms with van der Waals surface area (Å²) < 4.78 is 17.1. The molecule has 0 aliphatic carbocycles. The van der Waals surface area contributed by atoms with Crippen LogP contribution in [0.2, 0.25) is 0 Å². The second kappa shape index (κ2) is 10.1. The Hall–Kier alpha value is -3.64. The van der Waals surface area contributed by atoms with Crippen molar-refractivity contribution in [2.75, 3.05) is 6.61 Å². The highest BCUT2D eigenvalue weighted by Crippen LogP contribution is 2.31. The first-order valence-electron chi connectivity index (χ1n) is 11.5. The van der Waals surface area contributed by atoms with E-state index in [4.69, 9.17) is 13.9 Å². The molecule has 176 valence electrons. The van der Waals surface area contributed by atoms with Crippen LogP contribution in [0.5, 0.6) is 5.75 Å². The van der Waals surface area contributed by atoms with E-state index in [9.17, 15) is 4.79 Å². The second-order valence-corrected chi connectivity index (χ2v) is 8.59. The molecule has 0 aliphatic rings. The molecule has 0 bridgehead atoms. The number of aryl methyl sites for hydroxylation is 1. The average molecular weight is 459 g/mol. The Morgan fingerprint density at radius 3 is 2.41 bits per heavy atom. The average Bonchev–Trinajstić information content (AvgIpc) is 3.21. The summed E-state index contributed by atoms with van der Waals surface area (Å²) in [6.45, 7) is 8.71. The van der Waals surface area contributed by atoms with E-state index in [1.165, 1.54) is 0 Å². The topological polar surface area (TPSA) is 73.6 Å². The molecule has 0 saturated heterocycles. The van der Waals surface area contributed by atoms with E-state index in [0.29, 0.717) is 31.3 Å². The van der Waals surface area contributed by atoms with Gasteiger partial charge in [-0.2, -0.15) is 0 Å². The smallest absolute Gasteiger partial charge is 0.349 e. The fourth-order valence-electron chi connectivity index (χ4n) is 3.81. The fraction of sp³-hybridized carbons (Fsp3) is 0.286. The first-order chi connectivity index (χ1) is 16.4. The van der Waals surface area contributed by atoms with Gasteiger partial charge in [-0.05, 0) is 56.8 Å². The van der Waals surface area contributed by atoms with E-state index < -0.39 is 5.60 Å². The van der Waals surface area contributed by atoms with Gasteiger partial charge in [0.25, 0.3) is 0 Å². The van der Waals surface area contributed by atoms with Crippen molar-refractivity contribution >= 4 is 16.7 Å². The number of oxazole rings is 1. The molecule has 6 heteroatoms. The molecule has 1 heterocycles. The highest BCUT2D eigenvalue weighted by atomic mass is 16.6. The second-order valence-electron chi connectivity index (χ2n) is 8.59. The number of ether oxygens (including phenoxy) is 2. The van der Waals surface area contributed by atoms with E-state index in [1.54, 1.807) is 20.8 Å². The maximum atomic E-state index is 12.3. The van der Waals surface area contributed by atoms with E-state index in [1.807, 2.05) is 67.6 Å². The standard InChI is InChI=1S/C28H30N2O4/c1-5-32-27(31)28(3,4)34-25-16-15-21(22-13-9-10-14-23(22)25)17-29-18-24-19(2)33-26(30-24)20-11-7-6-8-12-20/h6-16,29H,5,17-18H2,1-4H3. The fourth-order valence-corrected chi connectivity index (χ4v) is 3.81. The Kier molecular flexibility index (Phi) is 6.98. The van der Waals surface area contributed by atoms with Crippen molar-refractivity contribution in [3.63, 3.8) is 0 Å². The Labute approximate surface area is 199 Å². The lowest BCUT2D eigenvalue weighted by molar-refractivity contribution is -0.158. The number of benzene rings is 3. The summed E-state index contributed by atoms with van der Waals surface area (Å²) >= 11 is 0. The normalized spacial score (nSPS) is 11.5. The highest BCUT2D eigenvalue weighted by molar-refractivity contribution is 5.91. The minimum absolute atomic E-state index is 0.314. The summed E-state index contributed by atoms with van der Waals surface area (Å²) in [4.78, 5) is 17.0. The molecule has 3 aromatic carbocycles. The third kappa shape index (κ3) is 5.13. The van der Waals surface area contributed by atoms with Gasteiger partial charge in [0.15, 0.2) is 5.60 Å². The highest BCUT2D eigenvalue weighted by Gasteiger charge is 2.32. The molecule has 0 spiro atoms. The summed E-state index contributed by atoms with van der Waals surface area (Å²) in [5.41, 5.74) is 1.89. The van der Waals surface area contributed by atoms with Gasteiger partial charge >= 0.3 is 5.97 Å². The lowest BCUT2D eigenvalue weighted by Gasteiger charge is -2.25. The van der Waals surface area contributed by atoms with Crippen LogP contribution >= 0.6 is 0 Å². The SMILES string of the molecule is CCOC(=O)C(C)(C)Oc1ccc(CNCc2nc(-c3ccccc3)oc2C)c2ccccc12. The zero-order valence-corrected chi connectivity index (χ0v) is 20.1. The molecule has 0 amide bonds. The van der Waals surface area contributed by atoms with E-state index in [2.05, 4.69) is 16.4 Å². The van der Waals surface area contributed by atoms with Gasteiger partial charge in [-0.25, -0.2) is 9.78 Å². The van der Waals surface area contributed by atoms with Gasteiger partial charge in [0.2, 0.25) is 5.89 Å². The molecular weight excluding hydrogens is 428 g/mol. The minimum Gasteiger partial charge on any atom is -0.476 e. The van der Waals surface area contributed by atoms with E-state index in [0.717, 1.165) is 33.4 Å². The van der Waals surface area contributed by atoms with Crippen molar-refractivity contribution in [3.8, 4) is 17.2 Å². The number of esters is 1. The number of nitrogens with zero attached hydrogens (tertiary/aromatic N) is 1. The predicted octanol–water partition coefficient (Wildman–Crippen LogP) is 5.81. The molecule has 0 aliphatic heterocycles. The number of rotatable bonds is 9. The van der Waals surface area contributed by atoms with Crippen molar-refractivity contribution in [1.29, 1.82) is 0 Å². The number of fused-ring (bicyclic) bond motifs is 1. The molecule has 6 nitrogen and oxygen atoms in total. The molecule has 1 aromatic heterocycles. The molecule has 34 heavy (non-hydrogen) atoms. The number of carbonyl (C=O) groups excluding carboxylic acids is 1. The van der Waals surface area contributed by atoms with Crippen LogP contribution in [0, 0.1) is 6.92 Å². The lowest BCUT2D eigenvalue weighted by atomic mass is 10.0. The zero-order valence-electron chi connectivity index (χ0n) is 20.1. The van der Waals surface area contributed by atoms with Crippen LogP contribution in [0.3, 0.4) is 0 Å². The van der Waals surface area contributed by atoms with Crippen LogP contribution < -0.4 is 10.1 Å². The Bertz CT molecular complexity index is 1280. The monoisotopic (exact) mass is 458 g/mol. The third-order valence-corrected chi connectivity index (χ3v) is 5.63. The predicted molar refractivity (Wildman–Crippen MR) is 133 cm³/mol. The van der Waals surface area contributed by atoms with Gasteiger partial charge in [-0.3, -0.25) is 0 Å². The van der Waals surface area contributed by atoms with Gasteiger partial charge in [0.1, 0.15) is 11.5 Å².